The maximum atomic E-state index is 12.8. The Kier molecular flexibility index (Phi) is 57.9. The summed E-state index contributed by atoms with van der Waals surface area (Å²) in [6.07, 6.45) is 91.7. The van der Waals surface area contributed by atoms with E-state index in [1.54, 1.807) is 0 Å². The predicted molar refractivity (Wildman–Crippen MR) is 350 cm³/mol. The number of allylic oxidation sites excluding steroid dienone is 26. The summed E-state index contributed by atoms with van der Waals surface area (Å²) in [5.41, 5.74) is 0. The van der Waals surface area contributed by atoms with Gasteiger partial charge in [0.2, 0.25) is 0 Å². The molecule has 0 saturated heterocycles. The molecule has 0 aromatic rings. The fourth-order valence-electron chi connectivity index (χ4n) is 8.17. The van der Waals surface area contributed by atoms with Gasteiger partial charge >= 0.3 is 11.9 Å². The normalized spacial score (nSPS) is 14.3. The van der Waals surface area contributed by atoms with Crippen LogP contribution in [0.5, 0.6) is 0 Å². The molecule has 0 aromatic heterocycles. The molecule has 0 radical (unpaired) electrons. The Morgan fingerprint density at radius 3 is 0.988 bits per heavy atom. The molecule has 2 atom stereocenters. The number of quaternary nitrogens is 1. The van der Waals surface area contributed by atoms with E-state index in [1.807, 2.05) is 21.1 Å². The molecule has 0 saturated carbocycles. The second kappa shape index (κ2) is 61.2. The molecule has 0 aliphatic heterocycles. The summed E-state index contributed by atoms with van der Waals surface area (Å²) in [6, 6.07) is 0. The van der Waals surface area contributed by atoms with Gasteiger partial charge in [-0.25, -0.2) is 0 Å². The second-order valence-electron chi connectivity index (χ2n) is 22.0. The van der Waals surface area contributed by atoms with Crippen LogP contribution in [-0.4, -0.2) is 70.0 Å². The van der Waals surface area contributed by atoms with E-state index in [-0.39, 0.29) is 26.1 Å². The fraction of sp³-hybridized carbons (Fsp3) is 0.611. The Balaban J connectivity index is 4.11. The summed E-state index contributed by atoms with van der Waals surface area (Å²) >= 11 is 0. The highest BCUT2D eigenvalue weighted by atomic mass is 31.2. The molecule has 82 heavy (non-hydrogen) atoms. The van der Waals surface area contributed by atoms with Crippen molar-refractivity contribution in [3.8, 4) is 0 Å². The van der Waals surface area contributed by atoms with Gasteiger partial charge in [-0.3, -0.25) is 14.2 Å². The number of phosphoric ester groups is 1. The van der Waals surface area contributed by atoms with Gasteiger partial charge in [0.15, 0.2) is 6.10 Å². The highest BCUT2D eigenvalue weighted by Gasteiger charge is 2.22. The molecule has 0 spiro atoms. The topological polar surface area (TPSA) is 111 Å². The molecular weight excluding hydrogens is 1040 g/mol. The highest BCUT2D eigenvalue weighted by Crippen LogP contribution is 2.38. The number of likely N-dealkylation sites (N-methyl/N-ethyl adjacent to an activating group) is 1. The van der Waals surface area contributed by atoms with Crippen molar-refractivity contribution < 1.29 is 42.1 Å². The maximum Gasteiger partial charge on any atom is 0.306 e. The van der Waals surface area contributed by atoms with Crippen molar-refractivity contribution in [3.05, 3.63) is 158 Å². The van der Waals surface area contributed by atoms with Crippen molar-refractivity contribution in [2.75, 3.05) is 47.5 Å². The van der Waals surface area contributed by atoms with Crippen LogP contribution in [0, 0.1) is 0 Å². The molecular formula is C72H118NO8P. The third-order valence-electron chi connectivity index (χ3n) is 13.0. The number of carbonyl (C=O) groups is 2. The van der Waals surface area contributed by atoms with Crippen molar-refractivity contribution in [2.45, 2.75) is 238 Å². The maximum absolute atomic E-state index is 12.8. The molecule has 464 valence electrons. The van der Waals surface area contributed by atoms with Crippen LogP contribution in [0.15, 0.2) is 158 Å². The zero-order valence-electron chi connectivity index (χ0n) is 52.6. The number of ether oxygens (including phenoxy) is 2. The number of hydrogen-bond acceptors (Lipinski definition) is 8. The molecule has 0 heterocycles. The molecule has 0 aromatic carbocycles. The average molecular weight is 1160 g/mol. The molecule has 9 nitrogen and oxygen atoms in total. The van der Waals surface area contributed by atoms with Gasteiger partial charge in [0.05, 0.1) is 27.7 Å². The van der Waals surface area contributed by atoms with Gasteiger partial charge in [0, 0.05) is 12.8 Å². The SMILES string of the molecule is CC/C=C\C/C=C\C/C=C\C/C=C\C/C=C\C/C=C\C/C=C\C/C=C\CCCCCCCCCCCCCCCCC(=O)OC(COC(=O)CCCCC/C=C\C/C=C\C/C=C\C/C=C\C/C=C\CC)COP(=O)([O-])OCC[N+](C)(C)C. The third-order valence-corrected chi connectivity index (χ3v) is 14.0. The number of nitrogens with zero attached hydrogens (tertiary/aromatic N) is 1. The zero-order valence-corrected chi connectivity index (χ0v) is 53.5. The van der Waals surface area contributed by atoms with E-state index >= 15 is 0 Å². The van der Waals surface area contributed by atoms with E-state index < -0.39 is 32.5 Å². The lowest BCUT2D eigenvalue weighted by atomic mass is 10.0. The fourth-order valence-corrected chi connectivity index (χ4v) is 8.90. The molecule has 0 aliphatic carbocycles. The standard InChI is InChI=1S/C72H118NO8P/c1-6-8-10-12-14-16-18-20-22-24-26-27-28-29-30-31-32-33-34-35-36-37-38-39-40-41-42-43-44-45-47-49-51-53-55-57-59-61-63-65-72(75)81-70(69-80-82(76,77)79-67-66-73(3,4)5)68-78-71(74)64-62-60-58-56-54-52-50-48-46-25-23-21-19-17-15-13-11-9-7-2/h8-11,14-17,20-23,26-27,29-30,32-33,35-36,38-39,46,48,52,54,70H,6-7,12-13,18-19,24-25,28,31,34,37,40-45,47,49-51,53,55-69H2,1-5H3/b10-8-,11-9-,16-14-,17-15-,22-20-,23-21-,27-26-,30-29-,33-32-,36-35-,39-38-,48-46-,54-52-. The van der Waals surface area contributed by atoms with Gasteiger partial charge in [-0.15, -0.1) is 0 Å². The van der Waals surface area contributed by atoms with E-state index in [0.717, 1.165) is 122 Å². The van der Waals surface area contributed by atoms with Crippen LogP contribution in [0.25, 0.3) is 0 Å². The largest absolute Gasteiger partial charge is 0.756 e. The van der Waals surface area contributed by atoms with Crippen LogP contribution in [0.3, 0.4) is 0 Å². The molecule has 0 fully saturated rings. The lowest BCUT2D eigenvalue weighted by Gasteiger charge is -2.28. The van der Waals surface area contributed by atoms with E-state index in [2.05, 4.69) is 172 Å². The zero-order chi connectivity index (χ0) is 59.8. The summed E-state index contributed by atoms with van der Waals surface area (Å²) in [4.78, 5) is 37.9. The molecule has 0 bridgehead atoms. The van der Waals surface area contributed by atoms with Crippen molar-refractivity contribution >= 4 is 19.8 Å². The summed E-state index contributed by atoms with van der Waals surface area (Å²) in [7, 11) is 1.13. The quantitative estimate of drug-likeness (QED) is 0.0195. The Bertz CT molecular complexity index is 1940. The van der Waals surface area contributed by atoms with E-state index in [4.69, 9.17) is 18.5 Å². The Morgan fingerprint density at radius 2 is 0.659 bits per heavy atom. The number of phosphoric acid groups is 1. The molecule has 0 N–H and O–H groups in total. The van der Waals surface area contributed by atoms with Gasteiger partial charge in [-0.1, -0.05) is 255 Å². The molecule has 0 rings (SSSR count). The summed E-state index contributed by atoms with van der Waals surface area (Å²) in [5, 5.41) is 0. The monoisotopic (exact) mass is 1160 g/mol. The van der Waals surface area contributed by atoms with Crippen LogP contribution in [0.4, 0.5) is 0 Å². The third kappa shape index (κ3) is 64.8. The molecule has 2 unspecified atom stereocenters. The van der Waals surface area contributed by atoms with Crippen molar-refractivity contribution in [1.82, 2.24) is 0 Å². The van der Waals surface area contributed by atoms with E-state index in [9.17, 15) is 19.0 Å². The Hall–Kier alpha value is -4.37. The van der Waals surface area contributed by atoms with Crippen molar-refractivity contribution in [2.24, 2.45) is 0 Å². The second-order valence-corrected chi connectivity index (χ2v) is 23.4. The van der Waals surface area contributed by atoms with Crippen LogP contribution < -0.4 is 4.89 Å². The smallest absolute Gasteiger partial charge is 0.306 e. The summed E-state index contributed by atoms with van der Waals surface area (Å²) < 4.78 is 34.2. The van der Waals surface area contributed by atoms with Gasteiger partial charge in [0.25, 0.3) is 7.82 Å². The molecule has 10 heteroatoms. The lowest BCUT2D eigenvalue weighted by Crippen LogP contribution is -2.37. The van der Waals surface area contributed by atoms with Crippen LogP contribution >= 0.6 is 7.82 Å². The molecule has 0 aliphatic rings. The first-order valence-electron chi connectivity index (χ1n) is 32.2. The van der Waals surface area contributed by atoms with Crippen molar-refractivity contribution in [1.29, 1.82) is 0 Å². The van der Waals surface area contributed by atoms with Gasteiger partial charge in [-0.05, 0) is 122 Å². The van der Waals surface area contributed by atoms with Crippen LogP contribution in [0.1, 0.15) is 232 Å². The summed E-state index contributed by atoms with van der Waals surface area (Å²) in [6.45, 7) is 3.96. The van der Waals surface area contributed by atoms with Crippen LogP contribution in [0.2, 0.25) is 0 Å². The Morgan fingerprint density at radius 1 is 0.378 bits per heavy atom. The first kappa shape index (κ1) is 77.6. The number of esters is 2. The summed E-state index contributed by atoms with van der Waals surface area (Å²) in [5.74, 6) is -0.880. The lowest BCUT2D eigenvalue weighted by molar-refractivity contribution is -0.870. The predicted octanol–water partition coefficient (Wildman–Crippen LogP) is 20.2. The minimum Gasteiger partial charge on any atom is -0.756 e. The van der Waals surface area contributed by atoms with Crippen molar-refractivity contribution in [3.63, 3.8) is 0 Å². The average Bonchev–Trinajstić information content (AvgIpc) is 3.46. The van der Waals surface area contributed by atoms with Gasteiger partial charge in [0.1, 0.15) is 19.8 Å². The minimum atomic E-state index is -4.66. The number of hydrogen-bond donors (Lipinski definition) is 0. The minimum absolute atomic E-state index is 0.0440. The van der Waals surface area contributed by atoms with Crippen LogP contribution in [-0.2, 0) is 32.7 Å². The van der Waals surface area contributed by atoms with Gasteiger partial charge in [-0.2, -0.15) is 0 Å². The number of carbonyl (C=O) groups excluding carboxylic acids is 2. The highest BCUT2D eigenvalue weighted by molar-refractivity contribution is 7.45. The first-order valence-corrected chi connectivity index (χ1v) is 33.7. The van der Waals surface area contributed by atoms with E-state index in [0.29, 0.717) is 23.9 Å². The van der Waals surface area contributed by atoms with E-state index in [1.165, 1.54) is 70.6 Å². The first-order chi connectivity index (χ1) is 40.0. The number of rotatable bonds is 57. The Labute approximate surface area is 503 Å². The van der Waals surface area contributed by atoms with Gasteiger partial charge < -0.3 is 27.9 Å². The number of unbranched alkanes of at least 4 members (excludes halogenated alkanes) is 17. The molecule has 0 amide bonds.